The fourth-order valence-corrected chi connectivity index (χ4v) is 2.84. The van der Waals surface area contributed by atoms with Crippen LogP contribution in [0.4, 0.5) is 0 Å². The summed E-state index contributed by atoms with van der Waals surface area (Å²) in [4.78, 5) is 24.6. The minimum atomic E-state index is -0.925. The molecule has 1 heterocycles. The number of amides is 1. The molecule has 1 fully saturated rings. The van der Waals surface area contributed by atoms with Crippen molar-refractivity contribution in [3.63, 3.8) is 0 Å². The molecule has 0 saturated carbocycles. The maximum absolute atomic E-state index is 11.9. The van der Waals surface area contributed by atoms with Crippen LogP contribution in [-0.4, -0.2) is 52.0 Å². The second-order valence-electron chi connectivity index (χ2n) is 4.28. The lowest BCUT2D eigenvalue weighted by Crippen LogP contribution is -2.51. The van der Waals surface area contributed by atoms with Gasteiger partial charge in [-0.25, -0.2) is 4.79 Å². The molecule has 0 aliphatic carbocycles. The SMILES string of the molecule is C[C@H](N)C(=O)N1CCSCCCCC1C(=O)O. The van der Waals surface area contributed by atoms with Crippen molar-refractivity contribution in [1.82, 2.24) is 4.90 Å². The zero-order valence-corrected chi connectivity index (χ0v) is 10.9. The van der Waals surface area contributed by atoms with E-state index in [2.05, 4.69) is 0 Å². The standard InChI is InChI=1S/C11H20N2O3S/c1-8(12)10(14)13-5-7-17-6-3-2-4-9(13)11(15)16/h8-9H,2-7,12H2,1H3,(H,15,16)/t8-,9?/m0/s1. The molecule has 5 nitrogen and oxygen atoms in total. The number of aliphatic carboxylic acids is 1. The van der Waals surface area contributed by atoms with Gasteiger partial charge in [0.05, 0.1) is 6.04 Å². The third kappa shape index (κ3) is 4.20. The van der Waals surface area contributed by atoms with Gasteiger partial charge in [-0.3, -0.25) is 4.79 Å². The van der Waals surface area contributed by atoms with Crippen molar-refractivity contribution in [3.8, 4) is 0 Å². The Labute approximate surface area is 106 Å². The molecule has 1 rings (SSSR count). The average molecular weight is 260 g/mol. The smallest absolute Gasteiger partial charge is 0.326 e. The zero-order valence-electron chi connectivity index (χ0n) is 10.1. The van der Waals surface area contributed by atoms with E-state index in [0.29, 0.717) is 13.0 Å². The van der Waals surface area contributed by atoms with E-state index in [4.69, 9.17) is 5.73 Å². The minimum Gasteiger partial charge on any atom is -0.480 e. The summed E-state index contributed by atoms with van der Waals surface area (Å²) in [7, 11) is 0. The summed E-state index contributed by atoms with van der Waals surface area (Å²) in [5.74, 6) is 0.625. The predicted octanol–water partition coefficient (Wildman–Crippen LogP) is 0.532. The van der Waals surface area contributed by atoms with Crippen molar-refractivity contribution in [2.75, 3.05) is 18.1 Å². The number of hydrogen-bond acceptors (Lipinski definition) is 4. The second-order valence-corrected chi connectivity index (χ2v) is 5.51. The van der Waals surface area contributed by atoms with Crippen LogP contribution in [0.15, 0.2) is 0 Å². The van der Waals surface area contributed by atoms with Crippen molar-refractivity contribution in [3.05, 3.63) is 0 Å². The van der Waals surface area contributed by atoms with Crippen molar-refractivity contribution in [2.45, 2.75) is 38.3 Å². The number of thioether (sulfide) groups is 1. The van der Waals surface area contributed by atoms with Gasteiger partial charge in [0.2, 0.25) is 5.91 Å². The van der Waals surface area contributed by atoms with Gasteiger partial charge in [0.1, 0.15) is 6.04 Å². The van der Waals surface area contributed by atoms with Crippen molar-refractivity contribution in [1.29, 1.82) is 0 Å². The van der Waals surface area contributed by atoms with E-state index in [1.54, 1.807) is 18.7 Å². The number of carbonyl (C=O) groups is 2. The number of nitrogens with zero attached hydrogens (tertiary/aromatic N) is 1. The molecule has 17 heavy (non-hydrogen) atoms. The van der Waals surface area contributed by atoms with E-state index < -0.39 is 18.1 Å². The fourth-order valence-electron chi connectivity index (χ4n) is 1.90. The van der Waals surface area contributed by atoms with E-state index in [-0.39, 0.29) is 5.91 Å². The van der Waals surface area contributed by atoms with Gasteiger partial charge < -0.3 is 15.7 Å². The van der Waals surface area contributed by atoms with Crippen LogP contribution in [0.2, 0.25) is 0 Å². The molecule has 0 aromatic heterocycles. The highest BCUT2D eigenvalue weighted by Crippen LogP contribution is 2.17. The number of nitrogens with two attached hydrogens (primary N) is 1. The Hall–Kier alpha value is -0.750. The van der Waals surface area contributed by atoms with Crippen LogP contribution >= 0.6 is 11.8 Å². The Morgan fingerprint density at radius 3 is 2.71 bits per heavy atom. The van der Waals surface area contributed by atoms with E-state index in [1.807, 2.05) is 0 Å². The van der Waals surface area contributed by atoms with Crippen LogP contribution in [0, 0.1) is 0 Å². The number of carboxylic acid groups (broad SMARTS) is 1. The molecule has 6 heteroatoms. The Morgan fingerprint density at radius 1 is 1.41 bits per heavy atom. The molecule has 1 aliphatic heterocycles. The first-order valence-corrected chi connectivity index (χ1v) is 7.06. The van der Waals surface area contributed by atoms with Gasteiger partial charge in [0, 0.05) is 12.3 Å². The summed E-state index contributed by atoms with van der Waals surface area (Å²) in [6, 6.07) is -1.35. The van der Waals surface area contributed by atoms with Gasteiger partial charge in [-0.2, -0.15) is 11.8 Å². The molecule has 1 amide bonds. The van der Waals surface area contributed by atoms with E-state index in [1.165, 1.54) is 4.90 Å². The molecule has 0 aromatic carbocycles. The van der Waals surface area contributed by atoms with Gasteiger partial charge in [-0.1, -0.05) is 0 Å². The molecule has 98 valence electrons. The molecule has 1 saturated heterocycles. The van der Waals surface area contributed by atoms with Gasteiger partial charge in [0.25, 0.3) is 0 Å². The predicted molar refractivity (Wildman–Crippen MR) is 68.0 cm³/mol. The number of hydrogen-bond donors (Lipinski definition) is 2. The Kier molecular flexibility index (Phi) is 5.77. The highest BCUT2D eigenvalue weighted by atomic mass is 32.2. The second kappa shape index (κ2) is 6.86. The van der Waals surface area contributed by atoms with E-state index in [9.17, 15) is 14.7 Å². The van der Waals surface area contributed by atoms with Crippen molar-refractivity contribution >= 4 is 23.6 Å². The lowest BCUT2D eigenvalue weighted by molar-refractivity contribution is -0.150. The van der Waals surface area contributed by atoms with Crippen LogP contribution in [-0.2, 0) is 9.59 Å². The quantitative estimate of drug-likeness (QED) is 0.757. The first kappa shape index (κ1) is 14.3. The first-order valence-electron chi connectivity index (χ1n) is 5.90. The lowest BCUT2D eigenvalue weighted by atomic mass is 10.1. The molecule has 2 atom stereocenters. The normalized spacial score (nSPS) is 24.4. The van der Waals surface area contributed by atoms with Crippen LogP contribution in [0.3, 0.4) is 0 Å². The van der Waals surface area contributed by atoms with E-state index in [0.717, 1.165) is 24.3 Å². The van der Waals surface area contributed by atoms with Crippen LogP contribution < -0.4 is 5.73 Å². The largest absolute Gasteiger partial charge is 0.480 e. The first-order chi connectivity index (χ1) is 8.04. The lowest BCUT2D eigenvalue weighted by Gasteiger charge is -2.29. The van der Waals surface area contributed by atoms with Gasteiger partial charge >= 0.3 is 5.97 Å². The highest BCUT2D eigenvalue weighted by Gasteiger charge is 2.30. The van der Waals surface area contributed by atoms with Crippen LogP contribution in [0.1, 0.15) is 26.2 Å². The molecule has 0 bridgehead atoms. The molecule has 3 N–H and O–H groups in total. The Bertz CT molecular complexity index is 284. The fraction of sp³-hybridized carbons (Fsp3) is 0.818. The summed E-state index contributed by atoms with van der Waals surface area (Å²) in [6.45, 7) is 2.07. The topological polar surface area (TPSA) is 83.6 Å². The summed E-state index contributed by atoms with van der Waals surface area (Å²) < 4.78 is 0. The van der Waals surface area contributed by atoms with Crippen LogP contribution in [0.25, 0.3) is 0 Å². The monoisotopic (exact) mass is 260 g/mol. The van der Waals surface area contributed by atoms with Crippen molar-refractivity contribution in [2.24, 2.45) is 5.73 Å². The van der Waals surface area contributed by atoms with Gasteiger partial charge in [-0.05, 0) is 31.9 Å². The minimum absolute atomic E-state index is 0.264. The zero-order chi connectivity index (χ0) is 12.8. The van der Waals surface area contributed by atoms with Crippen LogP contribution in [0.5, 0.6) is 0 Å². The third-order valence-corrected chi connectivity index (χ3v) is 3.88. The van der Waals surface area contributed by atoms with Gasteiger partial charge in [0.15, 0.2) is 0 Å². The highest BCUT2D eigenvalue weighted by molar-refractivity contribution is 7.99. The van der Waals surface area contributed by atoms with Gasteiger partial charge in [-0.15, -0.1) is 0 Å². The summed E-state index contributed by atoms with van der Waals surface area (Å²) in [6.07, 6.45) is 2.37. The average Bonchev–Trinajstić information content (AvgIpc) is 2.38. The molecular formula is C11H20N2O3S. The number of carboxylic acids is 1. The molecule has 1 aliphatic rings. The molecule has 0 spiro atoms. The molecule has 0 aromatic rings. The Balaban J connectivity index is 2.81. The molecular weight excluding hydrogens is 240 g/mol. The molecule has 1 unspecified atom stereocenters. The summed E-state index contributed by atoms with van der Waals surface area (Å²) >= 11 is 1.76. The van der Waals surface area contributed by atoms with Crippen molar-refractivity contribution < 1.29 is 14.7 Å². The number of carbonyl (C=O) groups excluding carboxylic acids is 1. The molecule has 0 radical (unpaired) electrons. The summed E-state index contributed by atoms with van der Waals surface area (Å²) in [5, 5.41) is 9.21. The number of rotatable bonds is 2. The Morgan fingerprint density at radius 2 is 2.12 bits per heavy atom. The maximum atomic E-state index is 11.9. The summed E-state index contributed by atoms with van der Waals surface area (Å²) in [5.41, 5.74) is 5.57. The third-order valence-electron chi connectivity index (χ3n) is 2.83. The van der Waals surface area contributed by atoms with E-state index >= 15 is 0 Å². The maximum Gasteiger partial charge on any atom is 0.326 e.